The highest BCUT2D eigenvalue weighted by molar-refractivity contribution is 7.12. The van der Waals surface area contributed by atoms with E-state index in [0.29, 0.717) is 6.79 Å². The first kappa shape index (κ1) is 13.2. The predicted octanol–water partition coefficient (Wildman–Crippen LogP) is 3.77. The van der Waals surface area contributed by atoms with Crippen molar-refractivity contribution in [2.45, 2.75) is 19.5 Å². The van der Waals surface area contributed by atoms with Crippen LogP contribution in [0, 0.1) is 6.92 Å². The molecule has 116 valence electrons. The van der Waals surface area contributed by atoms with Crippen molar-refractivity contribution in [3.05, 3.63) is 64.3 Å². The fourth-order valence-corrected chi connectivity index (χ4v) is 4.46. The van der Waals surface area contributed by atoms with Crippen LogP contribution in [0.5, 0.6) is 11.5 Å². The first-order chi connectivity index (χ1) is 11.3. The van der Waals surface area contributed by atoms with Crippen LogP contribution in [0.3, 0.4) is 0 Å². The number of fused-ring (bicyclic) bond motifs is 4. The molecule has 5 heteroatoms. The van der Waals surface area contributed by atoms with Crippen LogP contribution in [-0.2, 0) is 6.54 Å². The zero-order chi connectivity index (χ0) is 15.4. The summed E-state index contributed by atoms with van der Waals surface area (Å²) in [6, 6.07) is 10.6. The number of nitrogens with zero attached hydrogens (tertiary/aromatic N) is 1. The molecule has 1 N–H and O–H groups in total. The maximum atomic E-state index is 5.54. The summed E-state index contributed by atoms with van der Waals surface area (Å²) < 4.78 is 13.3. The van der Waals surface area contributed by atoms with E-state index in [9.17, 15) is 0 Å². The molecule has 0 radical (unpaired) electrons. The van der Waals surface area contributed by atoms with E-state index < -0.39 is 0 Å². The summed E-state index contributed by atoms with van der Waals surface area (Å²) in [6.45, 7) is 3.36. The van der Waals surface area contributed by atoms with Gasteiger partial charge >= 0.3 is 0 Å². The molecule has 2 aromatic heterocycles. The first-order valence-corrected chi connectivity index (χ1v) is 8.57. The second-order valence-electron chi connectivity index (χ2n) is 5.93. The molecule has 4 heterocycles. The molecule has 0 spiro atoms. The Morgan fingerprint density at radius 3 is 3.09 bits per heavy atom. The number of rotatable bonds is 1. The molecule has 3 aromatic rings. The van der Waals surface area contributed by atoms with E-state index in [1.807, 2.05) is 17.4 Å². The number of hydrogen-bond donors (Lipinski definition) is 1. The lowest BCUT2D eigenvalue weighted by molar-refractivity contribution is 0.174. The third-order valence-electron chi connectivity index (χ3n) is 4.59. The quantitative estimate of drug-likeness (QED) is 0.740. The molecule has 1 aromatic carbocycles. The minimum absolute atomic E-state index is 0.137. The van der Waals surface area contributed by atoms with Gasteiger partial charge < -0.3 is 19.4 Å². The van der Waals surface area contributed by atoms with Gasteiger partial charge in [0.05, 0.1) is 6.04 Å². The molecule has 0 amide bonds. The van der Waals surface area contributed by atoms with Gasteiger partial charge in [-0.2, -0.15) is 0 Å². The highest BCUT2D eigenvalue weighted by Gasteiger charge is 2.26. The van der Waals surface area contributed by atoms with Crippen molar-refractivity contribution in [2.24, 2.45) is 0 Å². The van der Waals surface area contributed by atoms with Gasteiger partial charge in [0.25, 0.3) is 0 Å². The van der Waals surface area contributed by atoms with Gasteiger partial charge in [-0.05, 0) is 47.7 Å². The molecule has 0 aliphatic carbocycles. The molecule has 1 unspecified atom stereocenters. The highest BCUT2D eigenvalue weighted by Crippen LogP contribution is 2.38. The fraction of sp³-hybridized carbons (Fsp3) is 0.222. The normalized spacial score (nSPS) is 18.4. The second kappa shape index (κ2) is 4.88. The minimum atomic E-state index is 0.137. The number of aryl methyl sites for hydroxylation is 1. The largest absolute Gasteiger partial charge is 0.454 e. The second-order valence-corrected chi connectivity index (χ2v) is 6.79. The number of aromatic nitrogens is 1. The molecule has 5 rings (SSSR count). The van der Waals surface area contributed by atoms with Crippen molar-refractivity contribution >= 4 is 11.3 Å². The average molecular weight is 324 g/mol. The zero-order valence-corrected chi connectivity index (χ0v) is 13.5. The molecule has 1 atom stereocenters. The number of benzene rings is 1. The lowest BCUT2D eigenvalue weighted by atomic mass is 10.0. The fourth-order valence-electron chi connectivity index (χ4n) is 3.38. The molecule has 2 aliphatic heterocycles. The molecular formula is C18H16N2O2S. The lowest BCUT2D eigenvalue weighted by Crippen LogP contribution is -2.21. The third kappa shape index (κ3) is 1.93. The van der Waals surface area contributed by atoms with Gasteiger partial charge in [0.2, 0.25) is 6.79 Å². The smallest absolute Gasteiger partial charge is 0.231 e. The number of hydrogen-bond acceptors (Lipinski definition) is 4. The Morgan fingerprint density at radius 2 is 2.13 bits per heavy atom. The lowest BCUT2D eigenvalue weighted by Gasteiger charge is -2.18. The van der Waals surface area contributed by atoms with Gasteiger partial charge in [-0.25, -0.2) is 0 Å². The van der Waals surface area contributed by atoms with Crippen molar-refractivity contribution in [3.63, 3.8) is 0 Å². The van der Waals surface area contributed by atoms with E-state index >= 15 is 0 Å². The Hall–Kier alpha value is -2.24. The maximum absolute atomic E-state index is 5.54. The van der Waals surface area contributed by atoms with Crippen molar-refractivity contribution < 1.29 is 9.47 Å². The van der Waals surface area contributed by atoms with E-state index in [-0.39, 0.29) is 6.04 Å². The van der Waals surface area contributed by atoms with Crippen LogP contribution >= 0.6 is 11.3 Å². The monoisotopic (exact) mass is 324 g/mol. The van der Waals surface area contributed by atoms with Crippen molar-refractivity contribution in [1.82, 2.24) is 9.88 Å². The Balaban J connectivity index is 1.63. The van der Waals surface area contributed by atoms with Crippen LogP contribution in [0.15, 0.2) is 41.9 Å². The standard InChI is InChI=1S/C18H16N2O2S/c1-11-9-23-18-13(11)8-19-17(14-3-2-6-20(14)18)12-4-5-15-16(7-12)22-10-21-15/h2-7,9,17,19H,8,10H2,1H3. The summed E-state index contributed by atoms with van der Waals surface area (Å²) >= 11 is 1.81. The number of thiophene rings is 1. The van der Waals surface area contributed by atoms with Crippen molar-refractivity contribution in [3.8, 4) is 16.5 Å². The molecule has 2 aliphatic rings. The van der Waals surface area contributed by atoms with Crippen LogP contribution in [0.1, 0.15) is 28.4 Å². The molecule has 0 saturated carbocycles. The maximum Gasteiger partial charge on any atom is 0.231 e. The van der Waals surface area contributed by atoms with Gasteiger partial charge in [0, 0.05) is 24.0 Å². The molecule has 0 fully saturated rings. The van der Waals surface area contributed by atoms with E-state index in [1.165, 1.54) is 27.4 Å². The summed E-state index contributed by atoms with van der Waals surface area (Å²) in [7, 11) is 0. The molecule has 0 saturated heterocycles. The van der Waals surface area contributed by atoms with Crippen LogP contribution < -0.4 is 14.8 Å². The Bertz CT molecular complexity index is 896. The van der Waals surface area contributed by atoms with Crippen LogP contribution in [0.25, 0.3) is 5.00 Å². The van der Waals surface area contributed by atoms with Crippen molar-refractivity contribution in [2.75, 3.05) is 6.79 Å². The van der Waals surface area contributed by atoms with Gasteiger partial charge in [0.15, 0.2) is 11.5 Å². The van der Waals surface area contributed by atoms with Crippen LogP contribution in [0.2, 0.25) is 0 Å². The zero-order valence-electron chi connectivity index (χ0n) is 12.7. The van der Waals surface area contributed by atoms with E-state index in [1.54, 1.807) is 0 Å². The summed E-state index contributed by atoms with van der Waals surface area (Å²) in [5, 5.41) is 7.25. The molecule has 4 nitrogen and oxygen atoms in total. The highest BCUT2D eigenvalue weighted by atomic mass is 32.1. The SMILES string of the molecule is Cc1csc2c1CNC(c1ccc3c(c1)OCO3)c1cccn1-2. The van der Waals surface area contributed by atoms with E-state index in [4.69, 9.17) is 9.47 Å². The number of nitrogens with one attached hydrogen (secondary N) is 1. The molecule has 23 heavy (non-hydrogen) atoms. The van der Waals surface area contributed by atoms with Crippen molar-refractivity contribution in [1.29, 1.82) is 0 Å². The third-order valence-corrected chi connectivity index (χ3v) is 5.73. The number of ether oxygens (including phenoxy) is 2. The predicted molar refractivity (Wildman–Crippen MR) is 89.6 cm³/mol. The summed E-state index contributed by atoms with van der Waals surface area (Å²) in [4.78, 5) is 0. The summed E-state index contributed by atoms with van der Waals surface area (Å²) in [5.74, 6) is 1.66. The molecular weight excluding hydrogens is 308 g/mol. The summed E-state index contributed by atoms with van der Waals surface area (Å²) in [6.07, 6.45) is 2.15. The van der Waals surface area contributed by atoms with Gasteiger partial charge in [0.1, 0.15) is 5.00 Å². The Morgan fingerprint density at radius 1 is 1.22 bits per heavy atom. The summed E-state index contributed by atoms with van der Waals surface area (Å²) in [5.41, 5.74) is 5.19. The van der Waals surface area contributed by atoms with Crippen LogP contribution in [-0.4, -0.2) is 11.4 Å². The van der Waals surface area contributed by atoms with Gasteiger partial charge in [-0.3, -0.25) is 0 Å². The van der Waals surface area contributed by atoms with Crippen LogP contribution in [0.4, 0.5) is 0 Å². The average Bonchev–Trinajstić information content (AvgIpc) is 3.26. The Kier molecular flexibility index (Phi) is 2.80. The minimum Gasteiger partial charge on any atom is -0.454 e. The van der Waals surface area contributed by atoms with Gasteiger partial charge in [-0.1, -0.05) is 6.07 Å². The van der Waals surface area contributed by atoms with E-state index in [0.717, 1.165) is 18.0 Å². The topological polar surface area (TPSA) is 35.4 Å². The first-order valence-electron chi connectivity index (χ1n) is 7.69. The van der Waals surface area contributed by atoms with E-state index in [2.05, 4.69) is 52.7 Å². The van der Waals surface area contributed by atoms with Gasteiger partial charge in [-0.15, -0.1) is 11.3 Å². The Labute approximate surface area is 138 Å². The molecule has 0 bridgehead atoms.